The van der Waals surface area contributed by atoms with Gasteiger partial charge in [-0.1, -0.05) is 30.3 Å². The minimum Gasteiger partial charge on any atom is -0.497 e. The summed E-state index contributed by atoms with van der Waals surface area (Å²) in [5.41, 5.74) is -0.388. The van der Waals surface area contributed by atoms with Crippen LogP contribution in [0.2, 0.25) is 0 Å². The van der Waals surface area contributed by atoms with Gasteiger partial charge in [-0.15, -0.1) is 0 Å². The SMILES string of the molecule is COCCCNC(=O)[C@]1(CCS(=O)(=O)c2ccccc2)N=C(c2ccc(OCCCO)cc2)O[C@@H]1c1cccc(OC)c1. The summed E-state index contributed by atoms with van der Waals surface area (Å²) in [7, 11) is -0.621. The van der Waals surface area contributed by atoms with Gasteiger partial charge in [-0.05, 0) is 60.5 Å². The summed E-state index contributed by atoms with van der Waals surface area (Å²) in [5, 5.41) is 12.0. The molecule has 0 aromatic heterocycles. The van der Waals surface area contributed by atoms with E-state index in [4.69, 9.17) is 29.0 Å². The van der Waals surface area contributed by atoms with Crippen molar-refractivity contribution in [3.05, 3.63) is 90.0 Å². The van der Waals surface area contributed by atoms with Crippen LogP contribution in [0, 0.1) is 0 Å². The van der Waals surface area contributed by atoms with Gasteiger partial charge in [0.15, 0.2) is 21.5 Å². The number of aliphatic hydroxyl groups excluding tert-OH is 1. The Morgan fingerprint density at radius 2 is 1.74 bits per heavy atom. The van der Waals surface area contributed by atoms with E-state index in [1.54, 1.807) is 74.9 Å². The fraction of sp³-hybridized carbons (Fsp3) is 0.375. The number of amides is 1. The number of aliphatic imine (C=N–C) groups is 1. The molecule has 10 nitrogen and oxygen atoms in total. The average molecular weight is 611 g/mol. The molecule has 11 heteroatoms. The van der Waals surface area contributed by atoms with E-state index >= 15 is 0 Å². The first-order valence-corrected chi connectivity index (χ1v) is 15.8. The highest BCUT2D eigenvalue weighted by Gasteiger charge is 2.53. The van der Waals surface area contributed by atoms with Crippen LogP contribution < -0.4 is 14.8 Å². The number of carbonyl (C=O) groups is 1. The van der Waals surface area contributed by atoms with E-state index in [9.17, 15) is 13.2 Å². The number of sulfone groups is 1. The lowest BCUT2D eigenvalue weighted by Crippen LogP contribution is -2.49. The van der Waals surface area contributed by atoms with Gasteiger partial charge in [0.2, 0.25) is 5.90 Å². The molecule has 43 heavy (non-hydrogen) atoms. The molecule has 2 N–H and O–H groups in total. The van der Waals surface area contributed by atoms with Crippen molar-refractivity contribution in [2.75, 3.05) is 46.3 Å². The molecule has 0 spiro atoms. The predicted molar refractivity (Wildman–Crippen MR) is 162 cm³/mol. The number of aliphatic hydroxyl groups is 1. The van der Waals surface area contributed by atoms with Gasteiger partial charge in [-0.2, -0.15) is 0 Å². The lowest BCUT2D eigenvalue weighted by molar-refractivity contribution is -0.129. The number of benzene rings is 3. The zero-order valence-corrected chi connectivity index (χ0v) is 25.2. The Labute approximate surface area is 252 Å². The molecule has 1 aliphatic heterocycles. The van der Waals surface area contributed by atoms with Crippen LogP contribution in [-0.2, 0) is 24.1 Å². The molecule has 2 atom stereocenters. The predicted octanol–water partition coefficient (Wildman–Crippen LogP) is 3.73. The zero-order valence-electron chi connectivity index (χ0n) is 24.4. The fourth-order valence-corrected chi connectivity index (χ4v) is 6.17. The van der Waals surface area contributed by atoms with Crippen molar-refractivity contribution in [1.29, 1.82) is 0 Å². The second-order valence-electron chi connectivity index (χ2n) is 10.0. The maximum absolute atomic E-state index is 14.1. The molecule has 0 bridgehead atoms. The normalized spacial score (nSPS) is 18.0. The number of ether oxygens (including phenoxy) is 4. The van der Waals surface area contributed by atoms with Crippen LogP contribution in [0.25, 0.3) is 0 Å². The van der Waals surface area contributed by atoms with Crippen LogP contribution in [0.1, 0.15) is 36.5 Å². The maximum Gasteiger partial charge on any atom is 0.252 e. The van der Waals surface area contributed by atoms with Gasteiger partial charge in [-0.3, -0.25) is 4.79 Å². The lowest BCUT2D eigenvalue weighted by atomic mass is 9.85. The molecule has 0 radical (unpaired) electrons. The van der Waals surface area contributed by atoms with Gasteiger partial charge < -0.3 is 29.4 Å². The summed E-state index contributed by atoms with van der Waals surface area (Å²) >= 11 is 0. The third-order valence-corrected chi connectivity index (χ3v) is 8.82. The first-order chi connectivity index (χ1) is 20.8. The zero-order chi connectivity index (χ0) is 30.7. The van der Waals surface area contributed by atoms with Crippen molar-refractivity contribution in [3.63, 3.8) is 0 Å². The van der Waals surface area contributed by atoms with Crippen LogP contribution in [0.4, 0.5) is 0 Å². The van der Waals surface area contributed by atoms with E-state index in [2.05, 4.69) is 5.32 Å². The van der Waals surface area contributed by atoms with Gasteiger partial charge in [0.1, 0.15) is 11.5 Å². The Morgan fingerprint density at radius 3 is 2.44 bits per heavy atom. The largest absolute Gasteiger partial charge is 0.497 e. The number of nitrogens with zero attached hydrogens (tertiary/aromatic N) is 1. The topological polar surface area (TPSA) is 133 Å². The second-order valence-corrected chi connectivity index (χ2v) is 12.2. The van der Waals surface area contributed by atoms with Gasteiger partial charge in [0.05, 0.1) is 24.4 Å². The summed E-state index contributed by atoms with van der Waals surface area (Å²) in [6.07, 6.45) is 0.00738. The lowest BCUT2D eigenvalue weighted by Gasteiger charge is -2.30. The summed E-state index contributed by atoms with van der Waals surface area (Å²) in [6, 6.07) is 22.3. The van der Waals surface area contributed by atoms with E-state index in [0.717, 1.165) is 0 Å². The van der Waals surface area contributed by atoms with Crippen LogP contribution in [-0.4, -0.2) is 77.2 Å². The Kier molecular flexibility index (Phi) is 11.2. The summed E-state index contributed by atoms with van der Waals surface area (Å²) in [4.78, 5) is 19.1. The van der Waals surface area contributed by atoms with Crippen LogP contribution in [0.5, 0.6) is 11.5 Å². The highest BCUT2D eigenvalue weighted by molar-refractivity contribution is 7.91. The van der Waals surface area contributed by atoms with Gasteiger partial charge >= 0.3 is 0 Å². The first-order valence-electron chi connectivity index (χ1n) is 14.1. The molecular weight excluding hydrogens is 572 g/mol. The van der Waals surface area contributed by atoms with Gasteiger partial charge in [-0.25, -0.2) is 13.4 Å². The van der Waals surface area contributed by atoms with Gasteiger partial charge in [0, 0.05) is 45.3 Å². The number of methoxy groups -OCH3 is 2. The van der Waals surface area contributed by atoms with Crippen molar-refractivity contribution in [2.45, 2.75) is 35.8 Å². The summed E-state index contributed by atoms with van der Waals surface area (Å²) < 4.78 is 49.5. The maximum atomic E-state index is 14.1. The van der Waals surface area contributed by atoms with E-state index in [1.807, 2.05) is 6.07 Å². The van der Waals surface area contributed by atoms with Crippen LogP contribution in [0.15, 0.2) is 88.8 Å². The number of nitrogens with one attached hydrogen (secondary N) is 1. The molecule has 1 aliphatic rings. The van der Waals surface area contributed by atoms with Crippen molar-refractivity contribution in [2.24, 2.45) is 4.99 Å². The molecule has 3 aromatic rings. The summed E-state index contributed by atoms with van der Waals surface area (Å²) in [6.45, 7) is 1.17. The Hall–Kier alpha value is -3.93. The molecule has 0 fully saturated rings. The highest BCUT2D eigenvalue weighted by Crippen LogP contribution is 2.43. The summed E-state index contributed by atoms with van der Waals surface area (Å²) in [5.74, 6) is 0.597. The third kappa shape index (κ3) is 7.92. The van der Waals surface area contributed by atoms with Crippen molar-refractivity contribution in [1.82, 2.24) is 5.32 Å². The molecule has 1 heterocycles. The number of hydrogen-bond donors (Lipinski definition) is 2. The molecule has 0 unspecified atom stereocenters. The minimum atomic E-state index is -3.75. The standard InChI is InChI=1S/C32H38N2O8S/c1-39-20-7-18-33-31(36)32(17-22-43(37,38)28-11-4-3-5-12-28)29(25-9-6-10-27(23-25)40-2)42-30(34-32)24-13-15-26(16-14-24)41-21-8-19-35/h3-6,9-16,23,29,35H,7-8,17-22H2,1-2H3,(H,33,36)/t29-,32-/m1/s1. The van der Waals surface area contributed by atoms with E-state index in [0.29, 0.717) is 55.2 Å². The van der Waals surface area contributed by atoms with Crippen molar-refractivity contribution in [3.8, 4) is 11.5 Å². The van der Waals surface area contributed by atoms with E-state index in [1.165, 1.54) is 12.1 Å². The van der Waals surface area contributed by atoms with E-state index in [-0.39, 0.29) is 29.6 Å². The van der Waals surface area contributed by atoms with Gasteiger partial charge in [0.25, 0.3) is 5.91 Å². The Bertz CT molecular complexity index is 1480. The first kappa shape index (κ1) is 32.0. The molecule has 0 saturated carbocycles. The molecule has 0 saturated heterocycles. The average Bonchev–Trinajstić information content (AvgIpc) is 3.44. The molecule has 4 rings (SSSR count). The monoisotopic (exact) mass is 610 g/mol. The van der Waals surface area contributed by atoms with E-state index < -0.39 is 27.4 Å². The fourth-order valence-electron chi connectivity index (χ4n) is 4.78. The molecular formula is C32H38N2O8S. The minimum absolute atomic E-state index is 0.0317. The Balaban J connectivity index is 1.75. The number of rotatable bonds is 16. The smallest absolute Gasteiger partial charge is 0.252 e. The molecule has 230 valence electrons. The molecule has 1 amide bonds. The second kappa shape index (κ2) is 15.0. The highest BCUT2D eigenvalue weighted by atomic mass is 32.2. The Morgan fingerprint density at radius 1 is 0.977 bits per heavy atom. The van der Waals surface area contributed by atoms with Crippen molar-refractivity contribution < 1.29 is 37.3 Å². The quantitative estimate of drug-likeness (QED) is 0.235. The van der Waals surface area contributed by atoms with Crippen molar-refractivity contribution >= 4 is 21.6 Å². The molecule has 3 aromatic carbocycles. The van der Waals surface area contributed by atoms with Crippen LogP contribution >= 0.6 is 0 Å². The molecule has 0 aliphatic carbocycles. The number of hydrogen-bond acceptors (Lipinski definition) is 9. The van der Waals surface area contributed by atoms with Crippen LogP contribution in [0.3, 0.4) is 0 Å². The number of carbonyl (C=O) groups excluding carboxylic acids is 1. The third-order valence-electron chi connectivity index (χ3n) is 7.09.